The second kappa shape index (κ2) is 8.25. The van der Waals surface area contributed by atoms with Crippen LogP contribution in [0.25, 0.3) is 11.4 Å². The number of carbonyl (C=O) groups excluding carboxylic acids is 3. The summed E-state index contributed by atoms with van der Waals surface area (Å²) in [5.41, 5.74) is 2.90. The van der Waals surface area contributed by atoms with Crippen molar-refractivity contribution >= 4 is 29.1 Å². The van der Waals surface area contributed by atoms with Crippen LogP contribution in [-0.2, 0) is 0 Å². The highest BCUT2D eigenvalue weighted by Crippen LogP contribution is 2.29. The monoisotopic (exact) mass is 450 g/mol. The fourth-order valence-corrected chi connectivity index (χ4v) is 3.84. The van der Waals surface area contributed by atoms with E-state index in [2.05, 4.69) is 15.3 Å². The molecule has 0 fully saturated rings. The van der Waals surface area contributed by atoms with Crippen LogP contribution in [0.15, 0.2) is 83.7 Å². The Labute approximate surface area is 193 Å². The largest absolute Gasteiger partial charge is 0.322 e. The molecule has 0 saturated heterocycles. The van der Waals surface area contributed by atoms with Crippen molar-refractivity contribution in [3.63, 3.8) is 0 Å². The summed E-state index contributed by atoms with van der Waals surface area (Å²) in [6.07, 6.45) is 0. The van der Waals surface area contributed by atoms with Gasteiger partial charge >= 0.3 is 0 Å². The van der Waals surface area contributed by atoms with Crippen LogP contribution in [0.5, 0.6) is 0 Å². The summed E-state index contributed by atoms with van der Waals surface area (Å²) in [4.78, 5) is 58.1. The number of nitrogens with zero attached hydrogens (tertiary/aromatic N) is 2. The van der Waals surface area contributed by atoms with Gasteiger partial charge in [0.15, 0.2) is 0 Å². The predicted molar refractivity (Wildman–Crippen MR) is 127 cm³/mol. The molecule has 2 heterocycles. The number of benzene rings is 3. The van der Waals surface area contributed by atoms with Gasteiger partial charge in [-0.1, -0.05) is 18.2 Å². The molecule has 0 saturated carbocycles. The molecular weight excluding hydrogens is 432 g/mol. The zero-order valence-electron chi connectivity index (χ0n) is 18.0. The predicted octanol–water partition coefficient (Wildman–Crippen LogP) is 3.80. The van der Waals surface area contributed by atoms with Crippen LogP contribution in [-0.4, -0.2) is 27.7 Å². The van der Waals surface area contributed by atoms with E-state index in [1.54, 1.807) is 73.7 Å². The molecule has 1 aromatic heterocycles. The minimum absolute atomic E-state index is 0.238. The van der Waals surface area contributed by atoms with E-state index in [1.807, 2.05) is 0 Å². The van der Waals surface area contributed by atoms with Gasteiger partial charge in [0.25, 0.3) is 23.3 Å². The molecule has 0 bridgehead atoms. The van der Waals surface area contributed by atoms with E-state index in [0.29, 0.717) is 45.1 Å². The molecule has 8 nitrogen and oxygen atoms in total. The van der Waals surface area contributed by atoms with Gasteiger partial charge in [-0.05, 0) is 61.5 Å². The summed E-state index contributed by atoms with van der Waals surface area (Å²) >= 11 is 0. The molecule has 8 heteroatoms. The van der Waals surface area contributed by atoms with Crippen LogP contribution in [0, 0.1) is 6.92 Å². The van der Waals surface area contributed by atoms with Crippen LogP contribution >= 0.6 is 0 Å². The second-order valence-corrected chi connectivity index (χ2v) is 7.81. The number of rotatable bonds is 4. The van der Waals surface area contributed by atoms with E-state index in [1.165, 1.54) is 12.1 Å². The summed E-state index contributed by atoms with van der Waals surface area (Å²) in [6, 6.07) is 21.3. The Bertz CT molecular complexity index is 1490. The number of fused-ring (bicyclic) bond motifs is 1. The maximum absolute atomic E-state index is 12.8. The molecule has 3 amide bonds. The van der Waals surface area contributed by atoms with E-state index in [-0.39, 0.29) is 5.56 Å². The van der Waals surface area contributed by atoms with Crippen molar-refractivity contribution in [1.29, 1.82) is 0 Å². The third-order valence-electron chi connectivity index (χ3n) is 5.45. The Morgan fingerprint density at radius 2 is 1.53 bits per heavy atom. The van der Waals surface area contributed by atoms with Gasteiger partial charge in [-0.3, -0.25) is 19.2 Å². The number of hydrogen-bond acceptors (Lipinski definition) is 5. The van der Waals surface area contributed by atoms with Crippen molar-refractivity contribution in [2.45, 2.75) is 6.92 Å². The summed E-state index contributed by atoms with van der Waals surface area (Å²) in [5.74, 6) is -0.794. The Kier molecular flexibility index (Phi) is 5.10. The molecule has 0 spiro atoms. The number of aromatic nitrogens is 2. The summed E-state index contributed by atoms with van der Waals surface area (Å²) in [7, 11) is 0. The molecule has 1 aliphatic heterocycles. The van der Waals surface area contributed by atoms with Crippen molar-refractivity contribution < 1.29 is 14.4 Å². The van der Waals surface area contributed by atoms with Gasteiger partial charge in [0.2, 0.25) is 0 Å². The van der Waals surface area contributed by atoms with Crippen molar-refractivity contribution in [1.82, 2.24) is 9.97 Å². The maximum atomic E-state index is 12.8. The van der Waals surface area contributed by atoms with Gasteiger partial charge in [-0.15, -0.1) is 0 Å². The summed E-state index contributed by atoms with van der Waals surface area (Å²) in [6.45, 7) is 1.74. The lowest BCUT2D eigenvalue weighted by atomic mass is 10.1. The van der Waals surface area contributed by atoms with Gasteiger partial charge in [-0.25, -0.2) is 9.88 Å². The van der Waals surface area contributed by atoms with Crippen LogP contribution in [0.3, 0.4) is 0 Å². The van der Waals surface area contributed by atoms with Crippen LogP contribution in [0.1, 0.15) is 36.8 Å². The molecule has 0 aliphatic carbocycles. The third kappa shape index (κ3) is 3.77. The standard InChI is InChI=1S/C26H18N4O4/c1-15-13-22(31)29-23(27-15)16-9-11-18(12-10-16)28-24(32)17-5-4-6-19(14-17)30-25(33)20-7-2-3-8-21(20)26(30)34/h2-14H,1H3,(H,28,32)(H,27,29,31). The first-order chi connectivity index (χ1) is 16.4. The van der Waals surface area contributed by atoms with E-state index in [4.69, 9.17) is 0 Å². The fraction of sp³-hybridized carbons (Fsp3) is 0.0385. The molecule has 5 rings (SSSR count). The Morgan fingerprint density at radius 1 is 0.853 bits per heavy atom. The lowest BCUT2D eigenvalue weighted by molar-refractivity contribution is 0.0924. The lowest BCUT2D eigenvalue weighted by Crippen LogP contribution is -2.29. The first kappa shape index (κ1) is 21.0. The molecule has 0 unspecified atom stereocenters. The molecule has 1 aliphatic rings. The molecule has 3 aromatic carbocycles. The van der Waals surface area contributed by atoms with Gasteiger partial charge in [0.05, 0.1) is 16.8 Å². The molecule has 2 N–H and O–H groups in total. The normalized spacial score (nSPS) is 12.6. The van der Waals surface area contributed by atoms with E-state index >= 15 is 0 Å². The highest BCUT2D eigenvalue weighted by molar-refractivity contribution is 6.34. The zero-order valence-corrected chi connectivity index (χ0v) is 18.0. The number of H-pyrrole nitrogens is 1. The van der Waals surface area contributed by atoms with Crippen LogP contribution in [0.2, 0.25) is 0 Å². The number of imide groups is 1. The van der Waals surface area contributed by atoms with Crippen molar-refractivity contribution in [2.24, 2.45) is 0 Å². The van der Waals surface area contributed by atoms with Gasteiger partial charge in [0.1, 0.15) is 5.82 Å². The summed E-state index contributed by atoms with van der Waals surface area (Å²) in [5, 5.41) is 2.80. The first-order valence-electron chi connectivity index (χ1n) is 10.5. The second-order valence-electron chi connectivity index (χ2n) is 7.81. The van der Waals surface area contributed by atoms with Gasteiger partial charge in [-0.2, -0.15) is 0 Å². The average molecular weight is 450 g/mol. The fourth-order valence-electron chi connectivity index (χ4n) is 3.84. The van der Waals surface area contributed by atoms with E-state index in [0.717, 1.165) is 4.90 Å². The van der Waals surface area contributed by atoms with Crippen LogP contribution in [0.4, 0.5) is 11.4 Å². The number of aryl methyl sites for hydroxylation is 1. The van der Waals surface area contributed by atoms with Crippen molar-refractivity contribution in [3.05, 3.63) is 112 Å². The molecule has 34 heavy (non-hydrogen) atoms. The zero-order chi connectivity index (χ0) is 23.8. The molecule has 166 valence electrons. The number of anilines is 2. The maximum Gasteiger partial charge on any atom is 0.266 e. The minimum atomic E-state index is -0.420. The molecule has 0 radical (unpaired) electrons. The third-order valence-corrected chi connectivity index (χ3v) is 5.45. The van der Waals surface area contributed by atoms with Crippen LogP contribution < -0.4 is 15.8 Å². The topological polar surface area (TPSA) is 112 Å². The number of carbonyl (C=O) groups is 3. The first-order valence-corrected chi connectivity index (χ1v) is 10.5. The number of nitrogens with one attached hydrogen (secondary N) is 2. The smallest absolute Gasteiger partial charge is 0.266 e. The molecular formula is C26H18N4O4. The molecule has 4 aromatic rings. The van der Waals surface area contributed by atoms with Crippen molar-refractivity contribution in [3.8, 4) is 11.4 Å². The Morgan fingerprint density at radius 3 is 2.18 bits per heavy atom. The van der Waals surface area contributed by atoms with E-state index in [9.17, 15) is 19.2 Å². The highest BCUT2D eigenvalue weighted by atomic mass is 16.2. The number of amides is 3. The highest BCUT2D eigenvalue weighted by Gasteiger charge is 2.36. The van der Waals surface area contributed by atoms with Gasteiger partial charge < -0.3 is 10.3 Å². The summed E-state index contributed by atoms with van der Waals surface area (Å²) < 4.78 is 0. The Hall–Kier alpha value is -4.85. The number of aromatic amines is 1. The Balaban J connectivity index is 1.35. The lowest BCUT2D eigenvalue weighted by Gasteiger charge is -2.15. The molecule has 0 atom stereocenters. The van der Waals surface area contributed by atoms with E-state index < -0.39 is 17.7 Å². The minimum Gasteiger partial charge on any atom is -0.322 e. The number of hydrogen-bond donors (Lipinski definition) is 2. The quantitative estimate of drug-likeness (QED) is 0.460. The average Bonchev–Trinajstić information content (AvgIpc) is 3.09. The SMILES string of the molecule is Cc1cc(=O)[nH]c(-c2ccc(NC(=O)c3cccc(N4C(=O)c5ccccc5C4=O)c3)cc2)n1. The van der Waals surface area contributed by atoms with Crippen molar-refractivity contribution in [2.75, 3.05) is 10.2 Å². The van der Waals surface area contributed by atoms with Gasteiger partial charge in [0, 0.05) is 28.6 Å².